The monoisotopic (exact) mass is 302 g/mol. The molecule has 0 saturated carbocycles. The second-order valence-corrected chi connectivity index (χ2v) is 6.26. The molecule has 0 unspecified atom stereocenters. The van der Waals surface area contributed by atoms with E-state index in [0.29, 0.717) is 19.6 Å². The first-order valence-corrected chi connectivity index (χ1v) is 7.89. The van der Waals surface area contributed by atoms with Crippen LogP contribution in [0.25, 0.3) is 0 Å². The van der Waals surface area contributed by atoms with Crippen LogP contribution in [-0.4, -0.2) is 35.5 Å². The Morgan fingerprint density at radius 3 is 2.95 bits per heavy atom. The van der Waals surface area contributed by atoms with Crippen LogP contribution >= 0.6 is 0 Å². The van der Waals surface area contributed by atoms with Crippen LogP contribution < -0.4 is 5.32 Å². The summed E-state index contributed by atoms with van der Waals surface area (Å²) in [5.74, 6) is 0.112. The van der Waals surface area contributed by atoms with Crippen molar-refractivity contribution in [3.8, 4) is 0 Å². The molecule has 0 aliphatic carbocycles. The zero-order chi connectivity index (χ0) is 15.6. The lowest BCUT2D eigenvalue weighted by molar-refractivity contribution is -0.133. The number of hydrogen-bond donors (Lipinski definition) is 1. The van der Waals surface area contributed by atoms with E-state index in [1.54, 1.807) is 0 Å². The maximum absolute atomic E-state index is 12.3. The zero-order valence-corrected chi connectivity index (χ0v) is 12.9. The van der Waals surface area contributed by atoms with Gasteiger partial charge in [-0.05, 0) is 43.9 Å². The molecule has 0 radical (unpaired) electrons. The summed E-state index contributed by atoms with van der Waals surface area (Å²) in [5.41, 5.74) is 1.07. The van der Waals surface area contributed by atoms with Gasteiger partial charge in [0.25, 0.3) is 5.91 Å². The molecule has 2 aliphatic heterocycles. The lowest BCUT2D eigenvalue weighted by Crippen LogP contribution is -2.39. The van der Waals surface area contributed by atoms with Crippen molar-refractivity contribution in [3.05, 3.63) is 29.8 Å². The Kier molecular flexibility index (Phi) is 4.16. The summed E-state index contributed by atoms with van der Waals surface area (Å²) in [6.07, 6.45) is 3.25. The van der Waals surface area contributed by atoms with E-state index in [0.717, 1.165) is 37.1 Å². The van der Waals surface area contributed by atoms with E-state index < -0.39 is 5.60 Å². The SMILES string of the molecule is C[C@]1(C(=O)Nc2cccc(CN3CCCC3=O)c2)CCCO1. The Morgan fingerprint density at radius 2 is 2.27 bits per heavy atom. The molecule has 2 heterocycles. The molecule has 1 atom stereocenters. The van der Waals surface area contributed by atoms with Crippen molar-refractivity contribution in [3.63, 3.8) is 0 Å². The van der Waals surface area contributed by atoms with Crippen molar-refractivity contribution < 1.29 is 14.3 Å². The van der Waals surface area contributed by atoms with Crippen molar-refractivity contribution in [2.45, 2.75) is 44.8 Å². The molecule has 0 spiro atoms. The molecule has 3 rings (SSSR count). The minimum atomic E-state index is -0.721. The topological polar surface area (TPSA) is 58.6 Å². The van der Waals surface area contributed by atoms with Crippen LogP contribution in [0, 0.1) is 0 Å². The van der Waals surface area contributed by atoms with Crippen LogP contribution in [0.5, 0.6) is 0 Å². The first-order chi connectivity index (χ1) is 10.6. The predicted octanol–water partition coefficient (Wildman–Crippen LogP) is 2.32. The summed E-state index contributed by atoms with van der Waals surface area (Å²) in [4.78, 5) is 25.9. The highest BCUT2D eigenvalue weighted by atomic mass is 16.5. The molecule has 1 aromatic carbocycles. The summed E-state index contributed by atoms with van der Waals surface area (Å²) in [6.45, 7) is 3.90. The highest BCUT2D eigenvalue weighted by Gasteiger charge is 2.37. The Balaban J connectivity index is 1.66. The molecule has 5 heteroatoms. The van der Waals surface area contributed by atoms with E-state index in [2.05, 4.69) is 5.32 Å². The minimum absolute atomic E-state index is 0.0978. The zero-order valence-electron chi connectivity index (χ0n) is 12.9. The lowest BCUT2D eigenvalue weighted by atomic mass is 10.0. The molecule has 0 aromatic heterocycles. The number of carbonyl (C=O) groups is 2. The summed E-state index contributed by atoms with van der Waals surface area (Å²) >= 11 is 0. The average molecular weight is 302 g/mol. The molecule has 22 heavy (non-hydrogen) atoms. The fourth-order valence-electron chi connectivity index (χ4n) is 3.06. The van der Waals surface area contributed by atoms with Gasteiger partial charge in [-0.2, -0.15) is 0 Å². The van der Waals surface area contributed by atoms with E-state index in [-0.39, 0.29) is 11.8 Å². The molecule has 5 nitrogen and oxygen atoms in total. The van der Waals surface area contributed by atoms with Gasteiger partial charge in [-0.15, -0.1) is 0 Å². The number of amides is 2. The van der Waals surface area contributed by atoms with Gasteiger partial charge in [0.15, 0.2) is 0 Å². The highest BCUT2D eigenvalue weighted by molar-refractivity contribution is 5.97. The predicted molar refractivity (Wildman–Crippen MR) is 83.3 cm³/mol. The van der Waals surface area contributed by atoms with E-state index in [4.69, 9.17) is 4.74 Å². The van der Waals surface area contributed by atoms with Gasteiger partial charge in [-0.3, -0.25) is 9.59 Å². The Morgan fingerprint density at radius 1 is 1.41 bits per heavy atom. The second kappa shape index (κ2) is 6.08. The Labute approximate surface area is 130 Å². The third-order valence-corrected chi connectivity index (χ3v) is 4.43. The van der Waals surface area contributed by atoms with Crippen molar-refractivity contribution in [2.75, 3.05) is 18.5 Å². The number of hydrogen-bond acceptors (Lipinski definition) is 3. The van der Waals surface area contributed by atoms with Gasteiger partial charge in [0.2, 0.25) is 5.91 Å². The van der Waals surface area contributed by atoms with Crippen LogP contribution in [0.2, 0.25) is 0 Å². The largest absolute Gasteiger partial charge is 0.365 e. The number of ether oxygens (including phenoxy) is 1. The van der Waals surface area contributed by atoms with Crippen molar-refractivity contribution in [1.82, 2.24) is 4.90 Å². The fourth-order valence-corrected chi connectivity index (χ4v) is 3.06. The summed E-state index contributed by atoms with van der Waals surface area (Å²) in [7, 11) is 0. The van der Waals surface area contributed by atoms with Gasteiger partial charge in [0, 0.05) is 31.8 Å². The normalized spacial score (nSPS) is 24.8. The highest BCUT2D eigenvalue weighted by Crippen LogP contribution is 2.27. The summed E-state index contributed by atoms with van der Waals surface area (Å²) in [5, 5.41) is 2.93. The Bertz CT molecular complexity index is 579. The first kappa shape index (κ1) is 15.0. The molecular formula is C17H22N2O3. The van der Waals surface area contributed by atoms with Crippen LogP contribution in [-0.2, 0) is 20.9 Å². The lowest BCUT2D eigenvalue weighted by Gasteiger charge is -2.22. The molecule has 2 aliphatic rings. The van der Waals surface area contributed by atoms with Crippen LogP contribution in [0.1, 0.15) is 38.2 Å². The fraction of sp³-hybridized carbons (Fsp3) is 0.529. The number of carbonyl (C=O) groups excluding carboxylic acids is 2. The summed E-state index contributed by atoms with van der Waals surface area (Å²) < 4.78 is 5.56. The minimum Gasteiger partial charge on any atom is -0.365 e. The average Bonchev–Trinajstić information content (AvgIpc) is 3.10. The van der Waals surface area contributed by atoms with Gasteiger partial charge in [-0.1, -0.05) is 12.1 Å². The van der Waals surface area contributed by atoms with Crippen molar-refractivity contribution >= 4 is 17.5 Å². The van der Waals surface area contributed by atoms with Gasteiger partial charge in [0.05, 0.1) is 0 Å². The van der Waals surface area contributed by atoms with Crippen molar-refractivity contribution in [2.24, 2.45) is 0 Å². The second-order valence-electron chi connectivity index (χ2n) is 6.26. The van der Waals surface area contributed by atoms with Crippen LogP contribution in [0.15, 0.2) is 24.3 Å². The van der Waals surface area contributed by atoms with Crippen LogP contribution in [0.3, 0.4) is 0 Å². The van der Waals surface area contributed by atoms with Gasteiger partial charge >= 0.3 is 0 Å². The summed E-state index contributed by atoms with van der Waals surface area (Å²) in [6, 6.07) is 7.69. The third-order valence-electron chi connectivity index (χ3n) is 4.43. The number of benzene rings is 1. The van der Waals surface area contributed by atoms with Gasteiger partial charge in [-0.25, -0.2) is 0 Å². The maximum atomic E-state index is 12.3. The van der Waals surface area contributed by atoms with Gasteiger partial charge < -0.3 is 15.0 Å². The van der Waals surface area contributed by atoms with E-state index >= 15 is 0 Å². The molecule has 2 saturated heterocycles. The quantitative estimate of drug-likeness (QED) is 0.928. The molecule has 0 bridgehead atoms. The van der Waals surface area contributed by atoms with Crippen molar-refractivity contribution in [1.29, 1.82) is 0 Å². The standard InChI is InChI=1S/C17H22N2O3/c1-17(8-4-10-22-17)16(21)18-14-6-2-5-13(11-14)12-19-9-3-7-15(19)20/h2,5-6,11H,3-4,7-10,12H2,1H3,(H,18,21)/t17-/m1/s1. The van der Waals surface area contributed by atoms with E-state index in [9.17, 15) is 9.59 Å². The smallest absolute Gasteiger partial charge is 0.256 e. The van der Waals surface area contributed by atoms with E-state index in [1.807, 2.05) is 36.1 Å². The number of likely N-dealkylation sites (tertiary alicyclic amines) is 1. The molecular weight excluding hydrogens is 280 g/mol. The first-order valence-electron chi connectivity index (χ1n) is 7.89. The molecule has 2 amide bonds. The number of rotatable bonds is 4. The number of nitrogens with one attached hydrogen (secondary N) is 1. The molecule has 118 valence electrons. The van der Waals surface area contributed by atoms with Gasteiger partial charge in [0.1, 0.15) is 5.60 Å². The Hall–Kier alpha value is -1.88. The molecule has 1 N–H and O–H groups in total. The third kappa shape index (κ3) is 3.14. The van der Waals surface area contributed by atoms with E-state index in [1.165, 1.54) is 0 Å². The maximum Gasteiger partial charge on any atom is 0.256 e. The number of nitrogens with zero attached hydrogens (tertiary/aromatic N) is 1. The molecule has 2 fully saturated rings. The number of anilines is 1. The molecule has 1 aromatic rings. The van der Waals surface area contributed by atoms with Crippen LogP contribution in [0.4, 0.5) is 5.69 Å².